The van der Waals surface area contributed by atoms with Gasteiger partial charge in [0, 0.05) is 37.0 Å². The van der Waals surface area contributed by atoms with E-state index < -0.39 is 0 Å². The molecule has 1 aromatic heterocycles. The van der Waals surface area contributed by atoms with Gasteiger partial charge in [0.1, 0.15) is 0 Å². The molecule has 3 heterocycles. The van der Waals surface area contributed by atoms with Crippen molar-refractivity contribution in [3.05, 3.63) is 52.3 Å². The third kappa shape index (κ3) is 4.97. The molecule has 1 fully saturated rings. The number of nitrogens with zero attached hydrogens (tertiary/aromatic N) is 3. The first kappa shape index (κ1) is 19.9. The number of fused-ring (bicyclic) bond motifs is 1. The van der Waals surface area contributed by atoms with E-state index >= 15 is 0 Å². The lowest BCUT2D eigenvalue weighted by Gasteiger charge is -2.30. The minimum Gasteiger partial charge on any atom is -0.381 e. The summed E-state index contributed by atoms with van der Waals surface area (Å²) in [6.07, 6.45) is 4.56. The van der Waals surface area contributed by atoms with Crippen LogP contribution in [0.1, 0.15) is 42.6 Å². The third-order valence-corrected chi connectivity index (χ3v) is 5.75. The van der Waals surface area contributed by atoms with Crippen molar-refractivity contribution in [3.63, 3.8) is 0 Å². The molecule has 29 heavy (non-hydrogen) atoms. The number of halogens is 1. The third-order valence-electron chi connectivity index (χ3n) is 5.50. The van der Waals surface area contributed by atoms with Gasteiger partial charge in [0.25, 0.3) is 0 Å². The number of amides is 2. The van der Waals surface area contributed by atoms with Gasteiger partial charge in [-0.15, -0.1) is 0 Å². The SMILES string of the molecule is CC(NC(=O)N1CCc2cnc(NC3CCOCC3)nc2C1)c1ccc(Cl)cc1. The van der Waals surface area contributed by atoms with Crippen molar-refractivity contribution in [3.8, 4) is 0 Å². The molecule has 154 valence electrons. The van der Waals surface area contributed by atoms with Gasteiger partial charge in [0.15, 0.2) is 0 Å². The number of carbonyl (C=O) groups is 1. The summed E-state index contributed by atoms with van der Waals surface area (Å²) in [6.45, 7) is 4.64. The average molecular weight is 416 g/mol. The van der Waals surface area contributed by atoms with E-state index in [0.717, 1.165) is 49.3 Å². The smallest absolute Gasteiger partial charge is 0.318 e. The fraction of sp³-hybridized carbons (Fsp3) is 0.476. The van der Waals surface area contributed by atoms with Gasteiger partial charge in [0.2, 0.25) is 5.95 Å². The molecule has 0 saturated carbocycles. The van der Waals surface area contributed by atoms with Crippen LogP contribution in [-0.4, -0.2) is 46.7 Å². The van der Waals surface area contributed by atoms with Crippen LogP contribution in [0.15, 0.2) is 30.5 Å². The highest BCUT2D eigenvalue weighted by molar-refractivity contribution is 6.30. The normalized spacial score (nSPS) is 18.1. The standard InChI is InChI=1S/C21H26ClN5O2/c1-14(15-2-4-17(22)5-3-15)24-21(28)27-9-6-16-12-23-20(26-19(16)13-27)25-18-7-10-29-11-8-18/h2-5,12,14,18H,6-11,13H2,1H3,(H,24,28)(H,23,25,26). The summed E-state index contributed by atoms with van der Waals surface area (Å²) in [5.41, 5.74) is 3.04. The molecular formula is C21H26ClN5O2. The summed E-state index contributed by atoms with van der Waals surface area (Å²) in [5, 5.41) is 7.15. The Labute approximate surface area is 175 Å². The lowest BCUT2D eigenvalue weighted by atomic mass is 10.1. The fourth-order valence-electron chi connectivity index (χ4n) is 3.68. The zero-order chi connectivity index (χ0) is 20.2. The Hall–Kier alpha value is -2.38. The van der Waals surface area contributed by atoms with Crippen LogP contribution in [0.3, 0.4) is 0 Å². The Balaban J connectivity index is 1.38. The Morgan fingerprint density at radius 1 is 1.28 bits per heavy atom. The fourth-order valence-corrected chi connectivity index (χ4v) is 3.81. The molecular weight excluding hydrogens is 390 g/mol. The van der Waals surface area contributed by atoms with Gasteiger partial charge in [-0.3, -0.25) is 0 Å². The Kier molecular flexibility index (Phi) is 6.16. The van der Waals surface area contributed by atoms with E-state index in [1.54, 1.807) is 4.90 Å². The van der Waals surface area contributed by atoms with Crippen molar-refractivity contribution in [1.29, 1.82) is 0 Å². The van der Waals surface area contributed by atoms with Crippen molar-refractivity contribution >= 4 is 23.6 Å². The molecule has 2 aromatic rings. The summed E-state index contributed by atoms with van der Waals surface area (Å²) >= 11 is 5.95. The number of nitrogens with one attached hydrogen (secondary N) is 2. The molecule has 8 heteroatoms. The van der Waals surface area contributed by atoms with Crippen LogP contribution in [0.5, 0.6) is 0 Å². The monoisotopic (exact) mass is 415 g/mol. The second kappa shape index (κ2) is 8.97. The summed E-state index contributed by atoms with van der Waals surface area (Å²) in [6, 6.07) is 7.68. The molecule has 0 spiro atoms. The second-order valence-corrected chi connectivity index (χ2v) is 8.03. The van der Waals surface area contributed by atoms with Crippen LogP contribution in [-0.2, 0) is 17.7 Å². The van der Waals surface area contributed by atoms with Crippen LogP contribution in [0.4, 0.5) is 10.7 Å². The molecule has 4 rings (SSSR count). The number of anilines is 1. The molecule has 0 bridgehead atoms. The molecule has 0 radical (unpaired) electrons. The number of aromatic nitrogens is 2. The van der Waals surface area contributed by atoms with Crippen molar-refractivity contribution in [2.75, 3.05) is 25.1 Å². The molecule has 0 aliphatic carbocycles. The van der Waals surface area contributed by atoms with Gasteiger partial charge >= 0.3 is 6.03 Å². The number of carbonyl (C=O) groups excluding carboxylic acids is 1. The minimum absolute atomic E-state index is 0.0874. The maximum atomic E-state index is 12.8. The zero-order valence-corrected chi connectivity index (χ0v) is 17.3. The molecule has 1 unspecified atom stereocenters. The van der Waals surface area contributed by atoms with Crippen molar-refractivity contribution in [2.45, 2.75) is 44.8 Å². The molecule has 2 amide bonds. The Morgan fingerprint density at radius 2 is 2.03 bits per heavy atom. The molecule has 1 aromatic carbocycles. The van der Waals surface area contributed by atoms with Crippen molar-refractivity contribution < 1.29 is 9.53 Å². The molecule has 2 aliphatic heterocycles. The first-order valence-electron chi connectivity index (χ1n) is 10.1. The van der Waals surface area contributed by atoms with E-state index in [1.807, 2.05) is 37.4 Å². The predicted molar refractivity (Wildman–Crippen MR) is 112 cm³/mol. The number of urea groups is 1. The lowest BCUT2D eigenvalue weighted by molar-refractivity contribution is 0.0903. The number of hydrogen-bond acceptors (Lipinski definition) is 5. The van der Waals surface area contributed by atoms with E-state index in [0.29, 0.717) is 30.1 Å². The Morgan fingerprint density at radius 3 is 2.79 bits per heavy atom. The van der Waals surface area contributed by atoms with E-state index in [9.17, 15) is 4.79 Å². The van der Waals surface area contributed by atoms with E-state index in [4.69, 9.17) is 16.3 Å². The van der Waals surface area contributed by atoms with Gasteiger partial charge < -0.3 is 20.3 Å². The highest BCUT2D eigenvalue weighted by Gasteiger charge is 2.24. The number of hydrogen-bond donors (Lipinski definition) is 2. The van der Waals surface area contributed by atoms with Gasteiger partial charge in [-0.05, 0) is 49.4 Å². The number of benzene rings is 1. The highest BCUT2D eigenvalue weighted by atomic mass is 35.5. The van der Waals surface area contributed by atoms with Gasteiger partial charge in [0.05, 0.1) is 18.3 Å². The maximum absolute atomic E-state index is 12.8. The van der Waals surface area contributed by atoms with Crippen LogP contribution in [0.2, 0.25) is 5.02 Å². The largest absolute Gasteiger partial charge is 0.381 e. The van der Waals surface area contributed by atoms with Crippen LogP contribution in [0, 0.1) is 0 Å². The predicted octanol–water partition coefficient (Wildman–Crippen LogP) is 3.55. The average Bonchev–Trinajstić information content (AvgIpc) is 2.74. The molecule has 1 saturated heterocycles. The first-order valence-corrected chi connectivity index (χ1v) is 10.5. The Bertz CT molecular complexity index is 855. The number of ether oxygens (including phenoxy) is 1. The summed E-state index contributed by atoms with van der Waals surface area (Å²) in [7, 11) is 0. The van der Waals surface area contributed by atoms with Crippen molar-refractivity contribution in [2.24, 2.45) is 0 Å². The van der Waals surface area contributed by atoms with Gasteiger partial charge in [-0.1, -0.05) is 23.7 Å². The first-order chi connectivity index (χ1) is 14.1. The van der Waals surface area contributed by atoms with Crippen molar-refractivity contribution in [1.82, 2.24) is 20.2 Å². The summed E-state index contributed by atoms with van der Waals surface area (Å²) < 4.78 is 5.40. The van der Waals surface area contributed by atoms with E-state index in [2.05, 4.69) is 20.6 Å². The van der Waals surface area contributed by atoms with Crippen LogP contribution < -0.4 is 10.6 Å². The molecule has 2 N–H and O–H groups in total. The lowest BCUT2D eigenvalue weighted by Crippen LogP contribution is -2.44. The molecule has 7 nitrogen and oxygen atoms in total. The van der Waals surface area contributed by atoms with E-state index in [1.165, 1.54) is 0 Å². The topological polar surface area (TPSA) is 79.4 Å². The second-order valence-electron chi connectivity index (χ2n) is 7.59. The molecule has 1 atom stereocenters. The van der Waals surface area contributed by atoms with Crippen LogP contribution >= 0.6 is 11.6 Å². The van der Waals surface area contributed by atoms with E-state index in [-0.39, 0.29) is 12.1 Å². The quantitative estimate of drug-likeness (QED) is 0.798. The summed E-state index contributed by atoms with van der Waals surface area (Å²) in [4.78, 5) is 23.7. The molecule has 2 aliphatic rings. The maximum Gasteiger partial charge on any atom is 0.318 e. The van der Waals surface area contributed by atoms with Gasteiger partial charge in [-0.2, -0.15) is 0 Å². The number of rotatable bonds is 4. The summed E-state index contributed by atoms with van der Waals surface area (Å²) in [5.74, 6) is 0.632. The zero-order valence-electron chi connectivity index (χ0n) is 16.5. The van der Waals surface area contributed by atoms with Gasteiger partial charge in [-0.25, -0.2) is 14.8 Å². The minimum atomic E-state index is -0.0997. The van der Waals surface area contributed by atoms with Crippen LogP contribution in [0.25, 0.3) is 0 Å². The highest BCUT2D eigenvalue weighted by Crippen LogP contribution is 2.21.